The molecule has 0 aliphatic carbocycles. The summed E-state index contributed by atoms with van der Waals surface area (Å²) in [6.45, 7) is 7.41. The molecule has 1 aliphatic heterocycles. The molecule has 1 saturated heterocycles. The van der Waals surface area contributed by atoms with Crippen LogP contribution in [0.4, 0.5) is 21.7 Å². The standard InChI is InChI=1S/C31H31ClFN5O2/c1-3-37-16-18-38(19-17-37)24-14-12-23(13-15-24)35-31-34-21-25(27(33)20-22-8-4-5-9-26(22)32)30(36-31)40-29-11-7-6-10-28(29)39-2/h4-15,20-21H,3,16-19H2,1-2H3,(H,34,35,36). The number of hydrogen-bond donors (Lipinski definition) is 1. The third-order valence-electron chi connectivity index (χ3n) is 6.78. The van der Waals surface area contributed by atoms with Crippen LogP contribution in [0, 0.1) is 0 Å². The van der Waals surface area contributed by atoms with E-state index in [1.165, 1.54) is 18.0 Å². The van der Waals surface area contributed by atoms with Gasteiger partial charge in [0.25, 0.3) is 0 Å². The van der Waals surface area contributed by atoms with E-state index in [-0.39, 0.29) is 17.4 Å². The highest BCUT2D eigenvalue weighted by molar-refractivity contribution is 6.32. The van der Waals surface area contributed by atoms with Crippen molar-refractivity contribution >= 4 is 40.8 Å². The van der Waals surface area contributed by atoms with E-state index in [1.807, 2.05) is 18.2 Å². The quantitative estimate of drug-likeness (QED) is 0.231. The lowest BCUT2D eigenvalue weighted by atomic mass is 10.1. The van der Waals surface area contributed by atoms with E-state index in [0.29, 0.717) is 22.1 Å². The number of piperazine rings is 1. The van der Waals surface area contributed by atoms with Crippen LogP contribution in [0.2, 0.25) is 5.02 Å². The van der Waals surface area contributed by atoms with Crippen LogP contribution >= 0.6 is 11.6 Å². The number of hydrogen-bond acceptors (Lipinski definition) is 7. The van der Waals surface area contributed by atoms with Crippen LogP contribution in [0.1, 0.15) is 18.1 Å². The van der Waals surface area contributed by atoms with Crippen molar-refractivity contribution in [1.29, 1.82) is 0 Å². The first-order valence-corrected chi connectivity index (χ1v) is 13.6. The molecule has 4 aromatic rings. The van der Waals surface area contributed by atoms with E-state index in [2.05, 4.69) is 44.1 Å². The average molecular weight is 560 g/mol. The van der Waals surface area contributed by atoms with Gasteiger partial charge in [0.2, 0.25) is 11.8 Å². The third-order valence-corrected chi connectivity index (χ3v) is 7.13. The number of halogens is 2. The van der Waals surface area contributed by atoms with Crippen LogP contribution in [-0.2, 0) is 0 Å². The third kappa shape index (κ3) is 6.52. The van der Waals surface area contributed by atoms with Gasteiger partial charge in [-0.05, 0) is 60.6 Å². The van der Waals surface area contributed by atoms with Gasteiger partial charge in [0.1, 0.15) is 5.83 Å². The van der Waals surface area contributed by atoms with Crippen LogP contribution in [0.5, 0.6) is 17.4 Å². The number of ether oxygens (including phenoxy) is 2. The monoisotopic (exact) mass is 559 g/mol. The van der Waals surface area contributed by atoms with Gasteiger partial charge in [-0.3, -0.25) is 0 Å². The molecule has 0 saturated carbocycles. The second-order valence-electron chi connectivity index (χ2n) is 9.27. The number of nitrogens with one attached hydrogen (secondary N) is 1. The van der Waals surface area contributed by atoms with Crippen molar-refractivity contribution < 1.29 is 13.9 Å². The number of nitrogens with zero attached hydrogens (tertiary/aromatic N) is 4. The zero-order valence-electron chi connectivity index (χ0n) is 22.5. The molecule has 1 fully saturated rings. The van der Waals surface area contributed by atoms with Crippen LogP contribution in [0.15, 0.2) is 79.0 Å². The predicted molar refractivity (Wildman–Crippen MR) is 160 cm³/mol. The molecular weight excluding hydrogens is 529 g/mol. The summed E-state index contributed by atoms with van der Waals surface area (Å²) >= 11 is 6.25. The molecule has 0 radical (unpaired) electrons. The SMILES string of the molecule is CCN1CCN(c2ccc(Nc3ncc(C(F)=Cc4ccccc4Cl)c(Oc4ccccc4OC)n3)cc2)CC1. The average Bonchev–Trinajstić information content (AvgIpc) is 2.99. The van der Waals surface area contributed by atoms with Gasteiger partial charge >= 0.3 is 0 Å². The van der Waals surface area contributed by atoms with E-state index < -0.39 is 5.83 Å². The minimum atomic E-state index is -0.586. The normalized spacial score (nSPS) is 14.2. The van der Waals surface area contributed by atoms with E-state index in [1.54, 1.807) is 49.6 Å². The van der Waals surface area contributed by atoms with Gasteiger partial charge < -0.3 is 24.6 Å². The minimum absolute atomic E-state index is 0.0354. The van der Waals surface area contributed by atoms with Crippen molar-refractivity contribution in [3.8, 4) is 17.4 Å². The maximum Gasteiger partial charge on any atom is 0.234 e. The number of para-hydroxylation sites is 2. The fraction of sp³-hybridized carbons (Fsp3) is 0.226. The van der Waals surface area contributed by atoms with Crippen molar-refractivity contribution in [2.24, 2.45) is 0 Å². The topological polar surface area (TPSA) is 62.8 Å². The summed E-state index contributed by atoms with van der Waals surface area (Å²) < 4.78 is 27.0. The van der Waals surface area contributed by atoms with Crippen molar-refractivity contribution in [2.75, 3.05) is 50.1 Å². The van der Waals surface area contributed by atoms with Gasteiger partial charge in [-0.1, -0.05) is 48.9 Å². The summed E-state index contributed by atoms with van der Waals surface area (Å²) in [4.78, 5) is 13.7. The van der Waals surface area contributed by atoms with Gasteiger partial charge in [0.05, 0.1) is 12.7 Å². The number of aromatic nitrogens is 2. The van der Waals surface area contributed by atoms with E-state index in [4.69, 9.17) is 21.1 Å². The van der Waals surface area contributed by atoms with Crippen molar-refractivity contribution in [3.63, 3.8) is 0 Å². The number of benzene rings is 3. The fourth-order valence-corrected chi connectivity index (χ4v) is 4.68. The summed E-state index contributed by atoms with van der Waals surface area (Å²) in [7, 11) is 1.54. The minimum Gasteiger partial charge on any atom is -0.493 e. The first-order chi connectivity index (χ1) is 19.5. The van der Waals surface area contributed by atoms with Gasteiger partial charge in [-0.15, -0.1) is 0 Å². The smallest absolute Gasteiger partial charge is 0.234 e. The van der Waals surface area contributed by atoms with Gasteiger partial charge in [0, 0.05) is 48.8 Å². The molecule has 1 N–H and O–H groups in total. The van der Waals surface area contributed by atoms with Crippen molar-refractivity contribution in [2.45, 2.75) is 6.92 Å². The molecule has 206 valence electrons. The summed E-state index contributed by atoms with van der Waals surface area (Å²) in [5.41, 5.74) is 2.59. The highest BCUT2D eigenvalue weighted by atomic mass is 35.5. The summed E-state index contributed by atoms with van der Waals surface area (Å²) in [6, 6.07) is 22.2. The Labute approximate surface area is 238 Å². The summed E-state index contributed by atoms with van der Waals surface area (Å²) in [5, 5.41) is 3.64. The molecule has 0 unspecified atom stereocenters. The van der Waals surface area contributed by atoms with Gasteiger partial charge in [-0.2, -0.15) is 4.98 Å². The van der Waals surface area contributed by atoms with E-state index >= 15 is 4.39 Å². The lowest BCUT2D eigenvalue weighted by Gasteiger charge is -2.35. The second kappa shape index (κ2) is 12.8. The first kappa shape index (κ1) is 27.4. The zero-order chi connectivity index (χ0) is 27.9. The lowest BCUT2D eigenvalue weighted by Crippen LogP contribution is -2.46. The molecule has 0 spiro atoms. The van der Waals surface area contributed by atoms with Gasteiger partial charge in [-0.25, -0.2) is 9.37 Å². The molecule has 3 aromatic carbocycles. The molecule has 0 amide bonds. The number of anilines is 3. The maximum atomic E-state index is 15.6. The van der Waals surface area contributed by atoms with E-state index in [0.717, 1.165) is 38.4 Å². The Kier molecular flexibility index (Phi) is 8.78. The molecule has 0 bridgehead atoms. The Hall–Kier alpha value is -4.14. The molecule has 1 aromatic heterocycles. The van der Waals surface area contributed by atoms with Crippen molar-refractivity contribution in [1.82, 2.24) is 14.9 Å². The van der Waals surface area contributed by atoms with Crippen LogP contribution in [0.25, 0.3) is 11.9 Å². The largest absolute Gasteiger partial charge is 0.493 e. The highest BCUT2D eigenvalue weighted by Gasteiger charge is 2.18. The first-order valence-electron chi connectivity index (χ1n) is 13.2. The molecular formula is C31H31ClFN5O2. The van der Waals surface area contributed by atoms with Crippen LogP contribution in [-0.4, -0.2) is 54.7 Å². The Morgan fingerprint density at radius 1 is 0.975 bits per heavy atom. The Morgan fingerprint density at radius 3 is 2.38 bits per heavy atom. The highest BCUT2D eigenvalue weighted by Crippen LogP contribution is 2.36. The molecule has 0 atom stereocenters. The fourth-order valence-electron chi connectivity index (χ4n) is 4.49. The molecule has 1 aliphatic rings. The molecule has 2 heterocycles. The van der Waals surface area contributed by atoms with Gasteiger partial charge in [0.15, 0.2) is 11.5 Å². The summed E-state index contributed by atoms with van der Waals surface area (Å²) in [6.07, 6.45) is 2.73. The van der Waals surface area contributed by atoms with E-state index in [9.17, 15) is 0 Å². The van der Waals surface area contributed by atoms with Crippen molar-refractivity contribution in [3.05, 3.63) is 95.1 Å². The molecule has 5 rings (SSSR count). The second-order valence-corrected chi connectivity index (χ2v) is 9.68. The van der Waals surface area contributed by atoms with Crippen LogP contribution < -0.4 is 19.7 Å². The number of likely N-dealkylation sites (N-methyl/N-ethyl adjacent to an activating group) is 1. The maximum absolute atomic E-state index is 15.6. The molecule has 7 nitrogen and oxygen atoms in total. The zero-order valence-corrected chi connectivity index (χ0v) is 23.2. The number of rotatable bonds is 9. The lowest BCUT2D eigenvalue weighted by molar-refractivity contribution is 0.271. The Balaban J connectivity index is 1.41. The molecule has 40 heavy (non-hydrogen) atoms. The Bertz CT molecular complexity index is 1470. The summed E-state index contributed by atoms with van der Waals surface area (Å²) in [5.74, 6) is 0.607. The number of methoxy groups -OCH3 is 1. The van der Waals surface area contributed by atoms with Crippen LogP contribution in [0.3, 0.4) is 0 Å². The molecule has 9 heteroatoms. The Morgan fingerprint density at radius 2 is 1.68 bits per heavy atom. The predicted octanol–water partition coefficient (Wildman–Crippen LogP) is 7.28.